The van der Waals surface area contributed by atoms with Crippen LogP contribution in [0.15, 0.2) is 33.9 Å². The van der Waals surface area contributed by atoms with Gasteiger partial charge in [0.1, 0.15) is 5.60 Å². The molecule has 1 fully saturated rings. The summed E-state index contributed by atoms with van der Waals surface area (Å²) in [4.78, 5) is 12.6. The zero-order valence-electron chi connectivity index (χ0n) is 13.5. The number of allylic oxidation sites excluding steroid dienone is 2. The lowest BCUT2D eigenvalue weighted by Crippen LogP contribution is -2.49. The van der Waals surface area contributed by atoms with Crippen molar-refractivity contribution in [1.82, 2.24) is 0 Å². The minimum atomic E-state index is -2.39. The number of hydrogen-bond donors (Lipinski definition) is 2. The monoisotopic (exact) mass is 249 g/mol. The van der Waals surface area contributed by atoms with Crippen molar-refractivity contribution in [2.75, 3.05) is 6.61 Å². The SMILES string of the molecule is [2H]C([2H])([2H])C1=C(CO)C2=C(C)C3(CC3)C(C)(O)C(=O)C2=C1. The van der Waals surface area contributed by atoms with Crippen molar-refractivity contribution in [3.8, 4) is 0 Å². The summed E-state index contributed by atoms with van der Waals surface area (Å²) in [6, 6.07) is 0. The maximum atomic E-state index is 12.6. The molecule has 3 aliphatic carbocycles. The van der Waals surface area contributed by atoms with Crippen LogP contribution in [0.1, 0.15) is 37.7 Å². The molecule has 0 aromatic heterocycles. The van der Waals surface area contributed by atoms with Gasteiger partial charge in [-0.15, -0.1) is 0 Å². The van der Waals surface area contributed by atoms with E-state index in [0.29, 0.717) is 24.0 Å². The highest BCUT2D eigenvalue weighted by molar-refractivity contribution is 6.10. The Bertz CT molecular complexity index is 644. The normalized spacial score (nSPS) is 36.3. The van der Waals surface area contributed by atoms with E-state index in [1.807, 2.05) is 6.92 Å². The zero-order valence-corrected chi connectivity index (χ0v) is 10.5. The lowest BCUT2D eigenvalue weighted by atomic mass is 9.67. The van der Waals surface area contributed by atoms with E-state index in [0.717, 1.165) is 5.57 Å². The van der Waals surface area contributed by atoms with Gasteiger partial charge in [0.25, 0.3) is 0 Å². The van der Waals surface area contributed by atoms with E-state index in [1.54, 1.807) is 0 Å². The Labute approximate surface area is 111 Å². The van der Waals surface area contributed by atoms with Gasteiger partial charge in [-0.1, -0.05) is 5.57 Å². The molecule has 0 bridgehead atoms. The van der Waals surface area contributed by atoms with Gasteiger partial charge in [0.15, 0.2) is 5.78 Å². The Kier molecular flexibility index (Phi) is 1.58. The molecule has 3 aliphatic rings. The molecule has 1 atom stereocenters. The fraction of sp³-hybridized carbons (Fsp3) is 0.533. The molecule has 3 nitrogen and oxygen atoms in total. The number of fused-ring (bicyclic) bond motifs is 1. The van der Waals surface area contributed by atoms with Crippen molar-refractivity contribution < 1.29 is 19.1 Å². The van der Waals surface area contributed by atoms with E-state index < -0.39 is 30.3 Å². The molecule has 0 aliphatic heterocycles. The Morgan fingerprint density at radius 2 is 2.17 bits per heavy atom. The summed E-state index contributed by atoms with van der Waals surface area (Å²) >= 11 is 0. The minimum Gasteiger partial charge on any atom is -0.392 e. The zero-order chi connectivity index (χ0) is 15.8. The van der Waals surface area contributed by atoms with Crippen LogP contribution in [-0.4, -0.2) is 28.2 Å². The molecule has 1 spiro atoms. The average Bonchev–Trinajstić information content (AvgIpc) is 3.09. The van der Waals surface area contributed by atoms with E-state index >= 15 is 0 Å². The van der Waals surface area contributed by atoms with E-state index in [-0.39, 0.29) is 11.1 Å². The molecule has 0 radical (unpaired) electrons. The van der Waals surface area contributed by atoms with Crippen molar-refractivity contribution in [1.29, 1.82) is 0 Å². The quantitative estimate of drug-likeness (QED) is 0.743. The number of carbonyl (C=O) groups excluding carboxylic acids is 1. The lowest BCUT2D eigenvalue weighted by molar-refractivity contribution is -0.137. The van der Waals surface area contributed by atoms with Gasteiger partial charge in [0, 0.05) is 15.1 Å². The van der Waals surface area contributed by atoms with Crippen molar-refractivity contribution in [3.63, 3.8) is 0 Å². The summed E-state index contributed by atoms with van der Waals surface area (Å²) in [5, 5.41) is 20.3. The molecular weight excluding hydrogens is 228 g/mol. The highest BCUT2D eigenvalue weighted by Gasteiger charge is 2.64. The highest BCUT2D eigenvalue weighted by atomic mass is 16.3. The van der Waals surface area contributed by atoms with E-state index in [9.17, 15) is 15.0 Å². The maximum Gasteiger partial charge on any atom is 0.195 e. The molecule has 1 saturated carbocycles. The van der Waals surface area contributed by atoms with Crippen LogP contribution >= 0.6 is 0 Å². The van der Waals surface area contributed by atoms with Gasteiger partial charge in [-0.3, -0.25) is 4.79 Å². The minimum absolute atomic E-state index is 0.0104. The predicted octanol–water partition coefficient (Wildman–Crippen LogP) is 1.67. The summed E-state index contributed by atoms with van der Waals surface area (Å²) in [7, 11) is 0. The second-order valence-corrected chi connectivity index (χ2v) is 5.59. The first-order valence-corrected chi connectivity index (χ1v) is 6.13. The fourth-order valence-corrected chi connectivity index (χ4v) is 3.44. The summed E-state index contributed by atoms with van der Waals surface area (Å²) in [6.07, 6.45) is 2.73. The molecule has 0 saturated heterocycles. The molecule has 18 heavy (non-hydrogen) atoms. The smallest absolute Gasteiger partial charge is 0.195 e. The number of aliphatic hydroxyl groups is 2. The largest absolute Gasteiger partial charge is 0.392 e. The summed E-state index contributed by atoms with van der Waals surface area (Å²) < 4.78 is 22.7. The second-order valence-electron chi connectivity index (χ2n) is 5.59. The van der Waals surface area contributed by atoms with Crippen molar-refractivity contribution in [2.24, 2.45) is 5.41 Å². The number of hydrogen-bond acceptors (Lipinski definition) is 3. The number of ketones is 1. The molecule has 3 rings (SSSR count). The number of rotatable bonds is 1. The van der Waals surface area contributed by atoms with Gasteiger partial charge in [-0.25, -0.2) is 0 Å². The van der Waals surface area contributed by atoms with Crippen LogP contribution in [0.5, 0.6) is 0 Å². The fourth-order valence-electron chi connectivity index (χ4n) is 3.44. The third kappa shape index (κ3) is 1.09. The molecule has 0 heterocycles. The molecule has 2 N–H and O–H groups in total. The average molecular weight is 249 g/mol. The van der Waals surface area contributed by atoms with Crippen LogP contribution in [-0.2, 0) is 4.79 Å². The topological polar surface area (TPSA) is 57.5 Å². The van der Waals surface area contributed by atoms with Gasteiger partial charge < -0.3 is 10.2 Å². The first kappa shape index (κ1) is 8.83. The first-order chi connectivity index (χ1) is 9.58. The molecule has 96 valence electrons. The van der Waals surface area contributed by atoms with Crippen molar-refractivity contribution in [3.05, 3.63) is 33.9 Å². The lowest BCUT2D eigenvalue weighted by Gasteiger charge is -2.39. The molecule has 0 amide bonds. The molecule has 0 aromatic carbocycles. The van der Waals surface area contributed by atoms with Crippen LogP contribution < -0.4 is 0 Å². The summed E-state index contributed by atoms with van der Waals surface area (Å²) in [5.74, 6) is -0.439. The highest BCUT2D eigenvalue weighted by Crippen LogP contribution is 2.64. The standard InChI is InChI=1S/C15H18O3/c1-8-6-10-12(11(8)7-16)9(2)15(4-5-15)14(3,18)13(10)17/h6,16,18H,4-5,7H2,1-3H3/i1D3. The Morgan fingerprint density at radius 1 is 1.50 bits per heavy atom. The van der Waals surface area contributed by atoms with Crippen LogP contribution in [0.4, 0.5) is 0 Å². The van der Waals surface area contributed by atoms with E-state index in [1.165, 1.54) is 13.0 Å². The van der Waals surface area contributed by atoms with Crippen molar-refractivity contribution in [2.45, 2.75) is 39.1 Å². The van der Waals surface area contributed by atoms with E-state index in [2.05, 4.69) is 0 Å². The first-order valence-electron chi connectivity index (χ1n) is 7.63. The maximum absolute atomic E-state index is 12.6. The third-order valence-electron chi connectivity index (χ3n) is 4.80. The molecule has 3 heteroatoms. The summed E-state index contributed by atoms with van der Waals surface area (Å²) in [5.41, 5.74) is -0.197. The van der Waals surface area contributed by atoms with E-state index in [4.69, 9.17) is 4.11 Å². The number of Topliss-reactive ketones (excluding diaryl/α,β-unsaturated/α-hetero) is 1. The van der Waals surface area contributed by atoms with Crippen LogP contribution in [0.2, 0.25) is 0 Å². The van der Waals surface area contributed by atoms with Crippen LogP contribution in [0.3, 0.4) is 0 Å². The Morgan fingerprint density at radius 3 is 2.67 bits per heavy atom. The Balaban J connectivity index is 2.29. The second kappa shape index (κ2) is 3.22. The third-order valence-corrected chi connectivity index (χ3v) is 4.80. The molecular formula is C15H18O3. The van der Waals surface area contributed by atoms with Gasteiger partial charge in [-0.2, -0.15) is 0 Å². The van der Waals surface area contributed by atoms with Crippen LogP contribution in [0, 0.1) is 5.41 Å². The van der Waals surface area contributed by atoms with Gasteiger partial charge in [0.2, 0.25) is 0 Å². The van der Waals surface area contributed by atoms with Crippen molar-refractivity contribution >= 4 is 5.78 Å². The Hall–Kier alpha value is -1.19. The molecule has 0 aromatic rings. The van der Waals surface area contributed by atoms with Gasteiger partial charge in [0.05, 0.1) is 6.61 Å². The summed E-state index contributed by atoms with van der Waals surface area (Å²) in [6.45, 7) is 0.523. The van der Waals surface area contributed by atoms with Crippen LogP contribution in [0.25, 0.3) is 0 Å². The van der Waals surface area contributed by atoms with Gasteiger partial charge >= 0.3 is 0 Å². The number of carbonyl (C=O) groups is 1. The predicted molar refractivity (Wildman–Crippen MR) is 67.9 cm³/mol. The number of aliphatic hydroxyl groups excluding tert-OH is 1. The molecule has 1 unspecified atom stereocenters. The van der Waals surface area contributed by atoms with Gasteiger partial charge in [-0.05, 0) is 56.3 Å².